The van der Waals surface area contributed by atoms with Crippen LogP contribution in [0.1, 0.15) is 38.3 Å². The van der Waals surface area contributed by atoms with Crippen LogP contribution in [-0.2, 0) is 32.6 Å². The molecule has 12 heteroatoms. The number of ether oxygens (including phenoxy) is 3. The fourth-order valence-electron chi connectivity index (χ4n) is 5.29. The first kappa shape index (κ1) is 38.1. The number of anilines is 1. The number of nitrogens with zero attached hydrogens (tertiary/aromatic N) is 2. The van der Waals surface area contributed by atoms with Crippen molar-refractivity contribution in [2.24, 2.45) is 0 Å². The maximum atomic E-state index is 14.7. The molecule has 0 aromatic heterocycles. The van der Waals surface area contributed by atoms with Gasteiger partial charge in [-0.25, -0.2) is 8.42 Å². The second-order valence-electron chi connectivity index (χ2n) is 11.6. The highest BCUT2D eigenvalue weighted by molar-refractivity contribution is 7.92. The second kappa shape index (κ2) is 17.8. The maximum absolute atomic E-state index is 14.7. The molecule has 0 aliphatic rings. The van der Waals surface area contributed by atoms with E-state index in [1.807, 2.05) is 51.1 Å². The molecule has 10 nitrogen and oxygen atoms in total. The van der Waals surface area contributed by atoms with E-state index in [0.717, 1.165) is 9.87 Å². The van der Waals surface area contributed by atoms with Crippen LogP contribution in [0.15, 0.2) is 102 Å². The van der Waals surface area contributed by atoms with Gasteiger partial charge in [-0.05, 0) is 79.9 Å². The number of hydrogen-bond donors (Lipinski definition) is 1. The van der Waals surface area contributed by atoms with Crippen LogP contribution in [0.25, 0.3) is 0 Å². The van der Waals surface area contributed by atoms with Crippen LogP contribution in [0.2, 0.25) is 5.02 Å². The fourth-order valence-corrected chi connectivity index (χ4v) is 6.85. The molecule has 0 aliphatic heterocycles. The standard InChI is InChI=1S/C38H44ClN3O7S/c1-6-27(3)40-38(44)34(23-28-11-9-8-10-12-28)41(25-29-13-15-30(39)16-14-29)37(43)26-42(31-17-19-32(20-18-31)49-7-2)50(45,46)33-21-22-35(47-4)36(24-33)48-5/h8-22,24,27,34H,6-7,23,25-26H2,1-5H3,(H,40,44)/t27-,34+/m1/s1. The normalized spacial score (nSPS) is 12.4. The minimum atomic E-state index is -4.38. The Kier molecular flexibility index (Phi) is 13.5. The molecule has 0 aliphatic carbocycles. The lowest BCUT2D eigenvalue weighted by Gasteiger charge is -2.34. The lowest BCUT2D eigenvalue weighted by Crippen LogP contribution is -2.54. The van der Waals surface area contributed by atoms with Crippen molar-refractivity contribution in [3.05, 3.63) is 113 Å². The Morgan fingerprint density at radius 2 is 1.50 bits per heavy atom. The number of benzene rings is 4. The average molecular weight is 722 g/mol. The molecular formula is C38H44ClN3O7S. The lowest BCUT2D eigenvalue weighted by molar-refractivity contribution is -0.140. The highest BCUT2D eigenvalue weighted by Crippen LogP contribution is 2.33. The van der Waals surface area contributed by atoms with Crippen molar-refractivity contribution in [1.82, 2.24) is 10.2 Å². The Morgan fingerprint density at radius 1 is 0.840 bits per heavy atom. The smallest absolute Gasteiger partial charge is 0.264 e. The average Bonchev–Trinajstić information content (AvgIpc) is 3.13. The van der Waals surface area contributed by atoms with Crippen LogP contribution in [0.4, 0.5) is 5.69 Å². The van der Waals surface area contributed by atoms with Crippen LogP contribution in [-0.4, -0.2) is 64.6 Å². The van der Waals surface area contributed by atoms with Gasteiger partial charge in [0, 0.05) is 30.1 Å². The van der Waals surface area contributed by atoms with Gasteiger partial charge in [0.05, 0.1) is 31.4 Å². The number of amides is 2. The molecule has 0 radical (unpaired) electrons. The third-order valence-electron chi connectivity index (χ3n) is 8.20. The van der Waals surface area contributed by atoms with Crippen molar-refractivity contribution >= 4 is 39.1 Å². The monoisotopic (exact) mass is 721 g/mol. The number of methoxy groups -OCH3 is 2. The van der Waals surface area contributed by atoms with E-state index in [1.165, 1.54) is 37.3 Å². The summed E-state index contributed by atoms with van der Waals surface area (Å²) in [4.78, 5) is 30.0. The van der Waals surface area contributed by atoms with Gasteiger partial charge in [-0.1, -0.05) is 61.0 Å². The minimum absolute atomic E-state index is 0.0228. The first-order valence-electron chi connectivity index (χ1n) is 16.4. The van der Waals surface area contributed by atoms with E-state index in [1.54, 1.807) is 48.5 Å². The van der Waals surface area contributed by atoms with Crippen molar-refractivity contribution in [3.63, 3.8) is 0 Å². The summed E-state index contributed by atoms with van der Waals surface area (Å²) < 4.78 is 46.3. The summed E-state index contributed by atoms with van der Waals surface area (Å²) in [6, 6.07) is 25.9. The van der Waals surface area contributed by atoms with Gasteiger partial charge in [-0.15, -0.1) is 0 Å². The molecule has 0 unspecified atom stereocenters. The molecule has 0 spiro atoms. The summed E-state index contributed by atoms with van der Waals surface area (Å²) in [7, 11) is -1.52. The molecule has 4 aromatic carbocycles. The number of carbonyl (C=O) groups is 2. The molecule has 2 atom stereocenters. The first-order valence-corrected chi connectivity index (χ1v) is 18.2. The predicted octanol–water partition coefficient (Wildman–Crippen LogP) is 6.51. The second-order valence-corrected chi connectivity index (χ2v) is 13.9. The van der Waals surface area contributed by atoms with E-state index in [4.69, 9.17) is 25.8 Å². The van der Waals surface area contributed by atoms with Crippen LogP contribution < -0.4 is 23.8 Å². The van der Waals surface area contributed by atoms with Crippen molar-refractivity contribution in [3.8, 4) is 17.2 Å². The summed E-state index contributed by atoms with van der Waals surface area (Å²) in [5.41, 5.74) is 1.78. The summed E-state index contributed by atoms with van der Waals surface area (Å²) in [6.45, 7) is 5.54. The zero-order chi connectivity index (χ0) is 36.3. The van der Waals surface area contributed by atoms with Crippen molar-refractivity contribution in [2.45, 2.75) is 57.1 Å². The molecular weight excluding hydrogens is 678 g/mol. The molecule has 266 valence electrons. The summed E-state index contributed by atoms with van der Waals surface area (Å²) >= 11 is 6.18. The maximum Gasteiger partial charge on any atom is 0.264 e. The Labute approximate surface area is 300 Å². The minimum Gasteiger partial charge on any atom is -0.494 e. The number of hydrogen-bond acceptors (Lipinski definition) is 7. The lowest BCUT2D eigenvalue weighted by atomic mass is 10.0. The third kappa shape index (κ3) is 9.70. The predicted molar refractivity (Wildman–Crippen MR) is 196 cm³/mol. The highest BCUT2D eigenvalue weighted by Gasteiger charge is 2.35. The van der Waals surface area contributed by atoms with Crippen molar-refractivity contribution < 1.29 is 32.2 Å². The molecule has 50 heavy (non-hydrogen) atoms. The number of carbonyl (C=O) groups excluding carboxylic acids is 2. The Balaban J connectivity index is 1.83. The van der Waals surface area contributed by atoms with Crippen LogP contribution in [0.5, 0.6) is 17.2 Å². The van der Waals surface area contributed by atoms with Gasteiger partial charge in [-0.2, -0.15) is 0 Å². The van der Waals surface area contributed by atoms with Crippen molar-refractivity contribution in [1.29, 1.82) is 0 Å². The van der Waals surface area contributed by atoms with Gasteiger partial charge < -0.3 is 24.4 Å². The molecule has 2 amide bonds. The quantitative estimate of drug-likeness (QED) is 0.132. The molecule has 1 N–H and O–H groups in total. The molecule has 0 fully saturated rings. The molecule has 4 aromatic rings. The Bertz CT molecular complexity index is 1820. The van der Waals surface area contributed by atoms with E-state index in [2.05, 4.69) is 5.32 Å². The summed E-state index contributed by atoms with van der Waals surface area (Å²) in [5.74, 6) is 0.167. The topological polar surface area (TPSA) is 114 Å². The van der Waals surface area contributed by atoms with Gasteiger partial charge in [0.25, 0.3) is 10.0 Å². The molecule has 0 saturated heterocycles. The zero-order valence-corrected chi connectivity index (χ0v) is 30.5. The van der Waals surface area contributed by atoms with E-state index < -0.39 is 28.5 Å². The third-order valence-corrected chi connectivity index (χ3v) is 10.2. The molecule has 0 heterocycles. The van der Waals surface area contributed by atoms with E-state index in [0.29, 0.717) is 35.1 Å². The van der Waals surface area contributed by atoms with Crippen LogP contribution in [0, 0.1) is 0 Å². The molecule has 4 rings (SSSR count). The van der Waals surface area contributed by atoms with Gasteiger partial charge >= 0.3 is 0 Å². The molecule has 0 saturated carbocycles. The SMILES string of the molecule is CCOc1ccc(N(CC(=O)N(Cc2ccc(Cl)cc2)[C@@H](Cc2ccccc2)C(=O)N[C@H](C)CC)S(=O)(=O)c2ccc(OC)c(OC)c2)cc1. The summed E-state index contributed by atoms with van der Waals surface area (Å²) in [6.07, 6.45) is 0.887. The van der Waals surface area contributed by atoms with E-state index in [9.17, 15) is 18.0 Å². The Morgan fingerprint density at radius 3 is 2.10 bits per heavy atom. The van der Waals surface area contributed by atoms with Gasteiger partial charge in [0.2, 0.25) is 11.8 Å². The van der Waals surface area contributed by atoms with E-state index in [-0.39, 0.29) is 41.2 Å². The summed E-state index contributed by atoms with van der Waals surface area (Å²) in [5, 5.41) is 3.56. The van der Waals surface area contributed by atoms with Crippen molar-refractivity contribution in [2.75, 3.05) is 31.7 Å². The highest BCUT2D eigenvalue weighted by atomic mass is 35.5. The number of nitrogens with one attached hydrogen (secondary N) is 1. The largest absolute Gasteiger partial charge is 0.494 e. The van der Waals surface area contributed by atoms with Crippen LogP contribution >= 0.6 is 11.6 Å². The van der Waals surface area contributed by atoms with Gasteiger partial charge in [0.1, 0.15) is 18.3 Å². The van der Waals surface area contributed by atoms with E-state index >= 15 is 0 Å². The van der Waals surface area contributed by atoms with Gasteiger partial charge in [0.15, 0.2) is 11.5 Å². The number of sulfonamides is 1. The zero-order valence-electron chi connectivity index (χ0n) is 29.0. The van der Waals surface area contributed by atoms with Gasteiger partial charge in [-0.3, -0.25) is 13.9 Å². The number of rotatable bonds is 17. The molecule has 0 bridgehead atoms. The number of halogens is 1. The Hall–Kier alpha value is -4.74. The van der Waals surface area contributed by atoms with Crippen LogP contribution in [0.3, 0.4) is 0 Å². The first-order chi connectivity index (χ1) is 24.0. The fraction of sp³-hybridized carbons (Fsp3) is 0.316.